The lowest BCUT2D eigenvalue weighted by Crippen LogP contribution is -2.29. The molecule has 0 bridgehead atoms. The van der Waals surface area contributed by atoms with Crippen LogP contribution in [0.4, 0.5) is 0 Å². The fraction of sp³-hybridized carbons (Fsp3) is 0.684. The summed E-state index contributed by atoms with van der Waals surface area (Å²) in [5, 5.41) is 0. The monoisotopic (exact) mass is 956 g/mol. The van der Waals surface area contributed by atoms with E-state index in [1.807, 2.05) is 0 Å². The molecule has 0 spiro atoms. The summed E-state index contributed by atoms with van der Waals surface area (Å²) in [5.41, 5.74) is 5.36. The van der Waals surface area contributed by atoms with Gasteiger partial charge < -0.3 is 20.1 Å². The van der Waals surface area contributed by atoms with Crippen LogP contribution < -0.4 is 5.73 Å². The molecule has 0 fully saturated rings. The smallest absolute Gasteiger partial charge is 0.462 e. The summed E-state index contributed by atoms with van der Waals surface area (Å²) in [6.07, 6.45) is 69.0. The van der Waals surface area contributed by atoms with Gasteiger partial charge in [0.25, 0.3) is 0 Å². The summed E-state index contributed by atoms with van der Waals surface area (Å²) >= 11 is 0. The molecule has 0 aliphatic carbocycles. The Labute approximate surface area is 410 Å². The van der Waals surface area contributed by atoms with Gasteiger partial charge in [-0.05, 0) is 89.9 Å². The molecule has 10 heteroatoms. The third kappa shape index (κ3) is 52.2. The van der Waals surface area contributed by atoms with E-state index in [9.17, 15) is 19.0 Å². The highest BCUT2D eigenvalue weighted by Gasteiger charge is 2.26. The van der Waals surface area contributed by atoms with Gasteiger partial charge in [0.1, 0.15) is 6.61 Å². The van der Waals surface area contributed by atoms with Crippen LogP contribution in [0.2, 0.25) is 0 Å². The van der Waals surface area contributed by atoms with Crippen LogP contribution in [0.3, 0.4) is 0 Å². The van der Waals surface area contributed by atoms with Gasteiger partial charge in [-0.3, -0.25) is 18.6 Å². The number of nitrogens with two attached hydrogens (primary N) is 1. The van der Waals surface area contributed by atoms with Gasteiger partial charge in [0.2, 0.25) is 0 Å². The van der Waals surface area contributed by atoms with Crippen LogP contribution in [0.1, 0.15) is 219 Å². The maximum atomic E-state index is 12.7. The predicted molar refractivity (Wildman–Crippen MR) is 284 cm³/mol. The first-order valence-electron chi connectivity index (χ1n) is 26.7. The van der Waals surface area contributed by atoms with E-state index >= 15 is 0 Å². The number of carbonyl (C=O) groups is 2. The second-order valence-electron chi connectivity index (χ2n) is 17.3. The van der Waals surface area contributed by atoms with Gasteiger partial charge in [0.15, 0.2) is 6.10 Å². The van der Waals surface area contributed by atoms with Crippen molar-refractivity contribution in [2.24, 2.45) is 5.73 Å². The number of ether oxygens (including phenoxy) is 2. The summed E-state index contributed by atoms with van der Waals surface area (Å²) in [6, 6.07) is 0. The standard InChI is InChI=1S/C57H98NO8P/c1-3-5-7-9-11-13-15-17-19-20-21-22-23-24-25-26-27-28-29-30-31-32-33-34-36-38-40-42-44-46-48-50-57(60)66-55(54-65-67(61,62)64-52-51-58)53-63-56(59)49-47-45-43-41-39-37-35-18-16-14-12-10-8-6-4-2/h5-8,11-14,17-19,21-22,35,39,41,55H,3-4,9-10,15-16,20,23-34,36-38,40,42-54,58H2,1-2H3,(H,61,62)/b7-5-,8-6-,13-11-,14-12-,19-17-,22-21-,35-18-,41-39-. The van der Waals surface area contributed by atoms with Gasteiger partial charge in [0, 0.05) is 19.4 Å². The van der Waals surface area contributed by atoms with Crippen molar-refractivity contribution in [1.29, 1.82) is 0 Å². The molecule has 2 atom stereocenters. The first-order chi connectivity index (χ1) is 32.8. The minimum absolute atomic E-state index is 0.0442. The molecular weight excluding hydrogens is 858 g/mol. The molecular formula is C57H98NO8P. The molecule has 0 aromatic rings. The minimum Gasteiger partial charge on any atom is -0.462 e. The zero-order valence-corrected chi connectivity index (χ0v) is 43.5. The summed E-state index contributed by atoms with van der Waals surface area (Å²) < 4.78 is 32.9. The Kier molecular flexibility index (Phi) is 49.9. The summed E-state index contributed by atoms with van der Waals surface area (Å²) in [4.78, 5) is 35.0. The molecule has 384 valence electrons. The number of unbranched alkanes of at least 4 members (excludes halogenated alkanes) is 20. The van der Waals surface area contributed by atoms with E-state index < -0.39 is 32.5 Å². The Morgan fingerprint density at radius 1 is 0.448 bits per heavy atom. The maximum Gasteiger partial charge on any atom is 0.472 e. The second kappa shape index (κ2) is 52.3. The average molecular weight is 956 g/mol. The van der Waals surface area contributed by atoms with E-state index in [-0.39, 0.29) is 32.6 Å². The average Bonchev–Trinajstić information content (AvgIpc) is 3.32. The van der Waals surface area contributed by atoms with E-state index in [0.717, 1.165) is 83.5 Å². The third-order valence-corrected chi connectivity index (χ3v) is 11.9. The molecule has 0 aliphatic rings. The quantitative estimate of drug-likeness (QED) is 0.0264. The van der Waals surface area contributed by atoms with Crippen LogP contribution >= 0.6 is 7.82 Å². The van der Waals surface area contributed by atoms with Gasteiger partial charge in [-0.25, -0.2) is 4.57 Å². The summed E-state index contributed by atoms with van der Waals surface area (Å²) in [6.45, 7) is 3.46. The molecule has 67 heavy (non-hydrogen) atoms. The van der Waals surface area contributed by atoms with Crippen LogP contribution in [0.15, 0.2) is 97.2 Å². The van der Waals surface area contributed by atoms with E-state index in [1.54, 1.807) is 0 Å². The van der Waals surface area contributed by atoms with Gasteiger partial charge >= 0.3 is 19.8 Å². The lowest BCUT2D eigenvalue weighted by molar-refractivity contribution is -0.161. The van der Waals surface area contributed by atoms with Gasteiger partial charge in [-0.2, -0.15) is 0 Å². The number of allylic oxidation sites excluding steroid dienone is 16. The van der Waals surface area contributed by atoms with Crippen LogP contribution in [-0.4, -0.2) is 49.3 Å². The molecule has 0 aliphatic heterocycles. The van der Waals surface area contributed by atoms with E-state index in [1.165, 1.54) is 96.3 Å². The molecule has 0 rings (SSSR count). The zero-order valence-electron chi connectivity index (χ0n) is 42.6. The Morgan fingerprint density at radius 2 is 0.776 bits per heavy atom. The van der Waals surface area contributed by atoms with Crippen molar-refractivity contribution < 1.29 is 37.6 Å². The molecule has 0 heterocycles. The van der Waals surface area contributed by atoms with Gasteiger partial charge in [-0.1, -0.05) is 214 Å². The molecule has 0 amide bonds. The Bertz CT molecular complexity index is 1410. The first-order valence-corrected chi connectivity index (χ1v) is 28.2. The van der Waals surface area contributed by atoms with Crippen molar-refractivity contribution in [1.82, 2.24) is 0 Å². The summed E-state index contributed by atoms with van der Waals surface area (Å²) in [5.74, 6) is -0.878. The molecule has 9 nitrogen and oxygen atoms in total. The van der Waals surface area contributed by atoms with Crippen molar-refractivity contribution in [3.05, 3.63) is 97.2 Å². The van der Waals surface area contributed by atoms with E-state index in [4.69, 9.17) is 24.3 Å². The second-order valence-corrected chi connectivity index (χ2v) is 18.8. The third-order valence-electron chi connectivity index (χ3n) is 11.0. The molecule has 2 unspecified atom stereocenters. The highest BCUT2D eigenvalue weighted by Crippen LogP contribution is 2.43. The number of carbonyl (C=O) groups excluding carboxylic acids is 2. The number of esters is 2. The highest BCUT2D eigenvalue weighted by molar-refractivity contribution is 7.47. The predicted octanol–water partition coefficient (Wildman–Crippen LogP) is 16.5. The summed E-state index contributed by atoms with van der Waals surface area (Å²) in [7, 11) is -4.40. The molecule has 0 saturated carbocycles. The van der Waals surface area contributed by atoms with Gasteiger partial charge in [-0.15, -0.1) is 0 Å². The highest BCUT2D eigenvalue weighted by atomic mass is 31.2. The number of hydrogen-bond acceptors (Lipinski definition) is 8. The van der Waals surface area contributed by atoms with E-state index in [2.05, 4.69) is 111 Å². The molecule has 3 N–H and O–H groups in total. The van der Waals surface area contributed by atoms with Crippen molar-refractivity contribution in [3.8, 4) is 0 Å². The lowest BCUT2D eigenvalue weighted by Gasteiger charge is -2.19. The Hall–Kier alpha value is -3.07. The normalized spacial score (nSPS) is 13.9. The van der Waals surface area contributed by atoms with Gasteiger partial charge in [0.05, 0.1) is 13.2 Å². The number of hydrogen-bond donors (Lipinski definition) is 2. The first kappa shape index (κ1) is 63.9. The number of phosphoric ester groups is 1. The SMILES string of the molecule is CC/C=C\C/C=C\C/C=C\C/C=C\CCCCCCCCCCCCCCCCCCCCC(=O)OC(COC(=O)CCCC/C=C\C/C=C\C/C=C\C/C=C\CC)COP(=O)(O)OCCN. The molecule has 0 radical (unpaired) electrons. The fourth-order valence-electron chi connectivity index (χ4n) is 7.09. The lowest BCUT2D eigenvalue weighted by atomic mass is 10.0. The Balaban J connectivity index is 3.96. The number of rotatable bonds is 49. The largest absolute Gasteiger partial charge is 0.472 e. The molecule has 0 aromatic carbocycles. The van der Waals surface area contributed by atoms with Crippen LogP contribution in [0.25, 0.3) is 0 Å². The van der Waals surface area contributed by atoms with Crippen LogP contribution in [0, 0.1) is 0 Å². The number of phosphoric acid groups is 1. The topological polar surface area (TPSA) is 134 Å². The van der Waals surface area contributed by atoms with Crippen molar-refractivity contribution >= 4 is 19.8 Å². The van der Waals surface area contributed by atoms with Crippen LogP contribution in [0.5, 0.6) is 0 Å². The minimum atomic E-state index is -4.40. The molecule has 0 aromatic heterocycles. The maximum absolute atomic E-state index is 12.7. The zero-order chi connectivity index (χ0) is 48.8. The molecule has 0 saturated heterocycles. The Morgan fingerprint density at radius 3 is 1.18 bits per heavy atom. The fourth-order valence-corrected chi connectivity index (χ4v) is 7.85. The van der Waals surface area contributed by atoms with Crippen molar-refractivity contribution in [2.75, 3.05) is 26.4 Å². The van der Waals surface area contributed by atoms with Crippen LogP contribution in [-0.2, 0) is 32.7 Å². The van der Waals surface area contributed by atoms with E-state index in [0.29, 0.717) is 12.8 Å². The van der Waals surface area contributed by atoms with Crippen molar-refractivity contribution in [3.63, 3.8) is 0 Å². The van der Waals surface area contributed by atoms with Crippen molar-refractivity contribution in [2.45, 2.75) is 225 Å².